The summed E-state index contributed by atoms with van der Waals surface area (Å²) in [6.45, 7) is 0.988. The average Bonchev–Trinajstić information content (AvgIpc) is 3.44. The van der Waals surface area contributed by atoms with E-state index in [0.717, 1.165) is 17.5 Å². The van der Waals surface area contributed by atoms with Crippen LogP contribution in [0.2, 0.25) is 10.0 Å². The van der Waals surface area contributed by atoms with E-state index in [1.807, 2.05) is 51.9 Å². The van der Waals surface area contributed by atoms with Crippen molar-refractivity contribution in [2.75, 3.05) is 18.1 Å². The Balaban J connectivity index is 1.72. The minimum Gasteiger partial charge on any atom is -0.396 e. The molecule has 3 aromatic rings. The van der Waals surface area contributed by atoms with Crippen molar-refractivity contribution in [3.05, 3.63) is 69.8 Å². The number of aliphatic hydroxyl groups excluding tert-OH is 1. The third-order valence-corrected chi connectivity index (χ3v) is 7.30. The minimum atomic E-state index is -0.793. The van der Waals surface area contributed by atoms with Crippen LogP contribution in [0.4, 0.5) is 5.82 Å². The third kappa shape index (κ3) is 4.04. The fourth-order valence-electron chi connectivity index (χ4n) is 5.07. The molecule has 0 radical (unpaired) electrons. The molecule has 8 heteroatoms. The van der Waals surface area contributed by atoms with Gasteiger partial charge in [0.05, 0.1) is 17.0 Å². The van der Waals surface area contributed by atoms with Crippen LogP contribution in [0.3, 0.4) is 0 Å². The van der Waals surface area contributed by atoms with E-state index in [0.29, 0.717) is 59.7 Å². The van der Waals surface area contributed by atoms with Crippen molar-refractivity contribution in [1.29, 1.82) is 0 Å². The van der Waals surface area contributed by atoms with Gasteiger partial charge in [0.2, 0.25) is 0 Å². The van der Waals surface area contributed by atoms with Crippen molar-refractivity contribution in [2.24, 2.45) is 5.92 Å². The molecule has 5 rings (SSSR count). The molecule has 0 bridgehead atoms. The molecule has 2 aliphatic heterocycles. The van der Waals surface area contributed by atoms with Crippen LogP contribution >= 0.6 is 23.2 Å². The number of anilines is 1. The molecule has 0 saturated carbocycles. The number of halogens is 2. The SMILES string of the molecule is O=C1c2c(nc(-c3ccccc3Cl)n2Cc2ccc(Cl)cc2)N2CCCC2C(=O)C1CCCO. The molecule has 0 spiro atoms. The van der Waals surface area contributed by atoms with Crippen molar-refractivity contribution in [2.45, 2.75) is 38.3 Å². The van der Waals surface area contributed by atoms with Gasteiger partial charge < -0.3 is 14.6 Å². The van der Waals surface area contributed by atoms with Crippen LogP contribution in [-0.2, 0) is 11.3 Å². The fourth-order valence-corrected chi connectivity index (χ4v) is 5.42. The van der Waals surface area contributed by atoms with Crippen LogP contribution in [0.1, 0.15) is 41.7 Å². The summed E-state index contributed by atoms with van der Waals surface area (Å²) in [5.74, 6) is 0.0590. The van der Waals surface area contributed by atoms with E-state index in [2.05, 4.69) is 0 Å². The highest BCUT2D eigenvalue weighted by atomic mass is 35.5. The summed E-state index contributed by atoms with van der Waals surface area (Å²) >= 11 is 12.7. The van der Waals surface area contributed by atoms with Crippen molar-refractivity contribution < 1.29 is 14.7 Å². The van der Waals surface area contributed by atoms with E-state index in [9.17, 15) is 14.7 Å². The Kier molecular flexibility index (Phi) is 6.47. The monoisotopic (exact) mass is 497 g/mol. The Morgan fingerprint density at radius 2 is 1.82 bits per heavy atom. The zero-order chi connectivity index (χ0) is 23.8. The number of benzene rings is 2. The molecule has 0 aliphatic carbocycles. The van der Waals surface area contributed by atoms with Gasteiger partial charge in [-0.05, 0) is 55.5 Å². The van der Waals surface area contributed by atoms with Crippen molar-refractivity contribution in [1.82, 2.24) is 9.55 Å². The highest BCUT2D eigenvalue weighted by Gasteiger charge is 2.46. The van der Waals surface area contributed by atoms with Gasteiger partial charge in [0.1, 0.15) is 11.5 Å². The van der Waals surface area contributed by atoms with E-state index >= 15 is 0 Å². The number of carbonyl (C=O) groups is 2. The number of carbonyl (C=O) groups excluding carboxylic acids is 2. The molecule has 34 heavy (non-hydrogen) atoms. The summed E-state index contributed by atoms with van der Waals surface area (Å²) in [7, 11) is 0. The van der Waals surface area contributed by atoms with Crippen LogP contribution < -0.4 is 4.90 Å². The van der Waals surface area contributed by atoms with Crippen LogP contribution in [-0.4, -0.2) is 45.4 Å². The number of hydrogen-bond donors (Lipinski definition) is 1. The Morgan fingerprint density at radius 3 is 2.56 bits per heavy atom. The second kappa shape index (κ2) is 9.53. The molecule has 1 N–H and O–H groups in total. The number of nitrogens with zero attached hydrogens (tertiary/aromatic N) is 3. The maximum atomic E-state index is 13.9. The molecule has 2 aliphatic rings. The topological polar surface area (TPSA) is 75.4 Å². The molecule has 0 amide bonds. The van der Waals surface area contributed by atoms with Crippen molar-refractivity contribution >= 4 is 40.6 Å². The van der Waals surface area contributed by atoms with Gasteiger partial charge in [-0.3, -0.25) is 9.59 Å². The van der Waals surface area contributed by atoms with Gasteiger partial charge in [-0.25, -0.2) is 4.98 Å². The number of Topliss-reactive ketones (excluding diaryl/α,β-unsaturated/α-hetero) is 2. The molecule has 2 aromatic carbocycles. The van der Waals surface area contributed by atoms with Gasteiger partial charge in [0, 0.05) is 30.3 Å². The maximum Gasteiger partial charge on any atom is 0.193 e. The lowest BCUT2D eigenvalue weighted by Crippen LogP contribution is -2.39. The van der Waals surface area contributed by atoms with E-state index in [1.165, 1.54) is 0 Å². The first-order valence-corrected chi connectivity index (χ1v) is 12.3. The highest BCUT2D eigenvalue weighted by molar-refractivity contribution is 6.33. The van der Waals surface area contributed by atoms with Gasteiger partial charge in [0.25, 0.3) is 0 Å². The third-order valence-electron chi connectivity index (χ3n) is 6.72. The first-order chi connectivity index (χ1) is 16.5. The molecular weight excluding hydrogens is 473 g/mol. The lowest BCUT2D eigenvalue weighted by Gasteiger charge is -2.23. The summed E-state index contributed by atoms with van der Waals surface area (Å²) in [6.07, 6.45) is 2.28. The van der Waals surface area contributed by atoms with Crippen LogP contribution in [0.15, 0.2) is 48.5 Å². The summed E-state index contributed by atoms with van der Waals surface area (Å²) in [5, 5.41) is 10.6. The number of ketones is 2. The predicted molar refractivity (Wildman–Crippen MR) is 133 cm³/mol. The maximum absolute atomic E-state index is 13.9. The highest BCUT2D eigenvalue weighted by Crippen LogP contribution is 2.40. The number of aliphatic hydroxyl groups is 1. The summed E-state index contributed by atoms with van der Waals surface area (Å²) < 4.78 is 1.89. The molecule has 1 saturated heterocycles. The summed E-state index contributed by atoms with van der Waals surface area (Å²) in [6, 6.07) is 14.5. The first-order valence-electron chi connectivity index (χ1n) is 11.5. The van der Waals surface area contributed by atoms with Gasteiger partial charge in [0.15, 0.2) is 17.4 Å². The number of rotatable bonds is 6. The lowest BCUT2D eigenvalue weighted by molar-refractivity contribution is -0.122. The number of hydrogen-bond acceptors (Lipinski definition) is 5. The quantitative estimate of drug-likeness (QED) is 0.483. The van der Waals surface area contributed by atoms with Gasteiger partial charge in [-0.15, -0.1) is 0 Å². The molecule has 1 aromatic heterocycles. The first kappa shape index (κ1) is 23.1. The minimum absolute atomic E-state index is 0.0623. The second-order valence-electron chi connectivity index (χ2n) is 8.84. The van der Waals surface area contributed by atoms with Crippen molar-refractivity contribution in [3.8, 4) is 11.4 Å². The number of fused-ring (bicyclic) bond motifs is 3. The smallest absolute Gasteiger partial charge is 0.193 e. The van der Waals surface area contributed by atoms with Gasteiger partial charge in [-0.1, -0.05) is 47.5 Å². The zero-order valence-electron chi connectivity index (χ0n) is 18.6. The van der Waals surface area contributed by atoms with Gasteiger partial charge in [-0.2, -0.15) is 0 Å². The molecule has 2 unspecified atom stereocenters. The van der Waals surface area contributed by atoms with E-state index in [1.54, 1.807) is 6.07 Å². The van der Waals surface area contributed by atoms with Crippen LogP contribution in [0.25, 0.3) is 11.4 Å². The molecule has 6 nitrogen and oxygen atoms in total. The van der Waals surface area contributed by atoms with Gasteiger partial charge >= 0.3 is 0 Å². The summed E-state index contributed by atoms with van der Waals surface area (Å²) in [5.41, 5.74) is 2.12. The Bertz CT molecular complexity index is 1240. The Labute approximate surface area is 208 Å². The fraction of sp³-hybridized carbons (Fsp3) is 0.346. The van der Waals surface area contributed by atoms with E-state index in [4.69, 9.17) is 28.2 Å². The number of imidazole rings is 1. The molecule has 176 valence electrons. The van der Waals surface area contributed by atoms with Crippen molar-refractivity contribution in [3.63, 3.8) is 0 Å². The predicted octanol–water partition coefficient (Wildman–Crippen LogP) is 5.03. The molecule has 1 fully saturated rings. The Hall–Kier alpha value is -2.67. The second-order valence-corrected chi connectivity index (χ2v) is 9.68. The zero-order valence-corrected chi connectivity index (χ0v) is 20.1. The van der Waals surface area contributed by atoms with E-state index in [-0.39, 0.29) is 24.2 Å². The van der Waals surface area contributed by atoms with E-state index < -0.39 is 5.92 Å². The normalized spacial score (nSPS) is 19.8. The lowest BCUT2D eigenvalue weighted by atomic mass is 9.88. The number of aromatic nitrogens is 2. The average molecular weight is 498 g/mol. The summed E-state index contributed by atoms with van der Waals surface area (Å²) in [4.78, 5) is 34.3. The standard InChI is InChI=1S/C26H25Cl2N3O3/c27-17-11-9-16(10-12-17)15-31-22-24(34)19(6-4-14-32)23(33)21-8-3-13-30(21)26(22)29-25(31)18-5-1-2-7-20(18)28/h1-2,5,7,9-12,19,21,32H,3-4,6,8,13-15H2. The largest absolute Gasteiger partial charge is 0.396 e. The molecule has 3 heterocycles. The Morgan fingerprint density at radius 1 is 1.06 bits per heavy atom. The van der Waals surface area contributed by atoms with Crippen LogP contribution in [0, 0.1) is 5.92 Å². The molecular formula is C26H25Cl2N3O3. The molecule has 2 atom stereocenters. The van der Waals surface area contributed by atoms with Crippen LogP contribution in [0.5, 0.6) is 0 Å².